The smallest absolute Gasteiger partial charge is 0.228 e. The Labute approximate surface area is 175 Å². The Morgan fingerprint density at radius 1 is 1.04 bits per heavy atom. The molecule has 1 aliphatic heterocycles. The summed E-state index contributed by atoms with van der Waals surface area (Å²) in [5.41, 5.74) is 0.662. The first-order valence-electron chi connectivity index (χ1n) is 10.6. The molecule has 28 heavy (non-hydrogen) atoms. The third-order valence-electron chi connectivity index (χ3n) is 7.42. The van der Waals surface area contributed by atoms with Crippen molar-refractivity contribution >= 4 is 27.7 Å². The predicted octanol–water partition coefficient (Wildman–Crippen LogP) is 3.03. The van der Waals surface area contributed by atoms with Crippen LogP contribution < -0.4 is 0 Å². The van der Waals surface area contributed by atoms with Crippen LogP contribution >= 0.6 is 15.9 Å². The number of aromatic nitrogens is 1. The summed E-state index contributed by atoms with van der Waals surface area (Å²) < 4.78 is 0.202. The Balaban J connectivity index is 1.21. The maximum atomic E-state index is 13.6. The average molecular weight is 446 g/mol. The molecule has 5 aliphatic rings. The van der Waals surface area contributed by atoms with Crippen molar-refractivity contribution in [3.05, 3.63) is 30.1 Å². The van der Waals surface area contributed by atoms with Crippen molar-refractivity contribution in [3.8, 4) is 0 Å². The van der Waals surface area contributed by atoms with Gasteiger partial charge in [0.1, 0.15) is 0 Å². The largest absolute Gasteiger partial charge is 0.339 e. The van der Waals surface area contributed by atoms with Crippen LogP contribution in [0.1, 0.15) is 44.2 Å². The Hall–Kier alpha value is -1.43. The summed E-state index contributed by atoms with van der Waals surface area (Å²) in [6.07, 6.45) is 9.03. The van der Waals surface area contributed by atoms with Gasteiger partial charge in [-0.1, -0.05) is 22.0 Å². The van der Waals surface area contributed by atoms with E-state index < -0.39 is 0 Å². The molecule has 1 aromatic rings. The molecule has 6 heteroatoms. The Morgan fingerprint density at radius 2 is 1.71 bits per heavy atom. The molecular weight excluding hydrogens is 418 g/mol. The summed E-state index contributed by atoms with van der Waals surface area (Å²) in [5, 5.41) is 0. The number of nitrogens with zero attached hydrogens (tertiary/aromatic N) is 3. The summed E-state index contributed by atoms with van der Waals surface area (Å²) in [4.78, 5) is 34.3. The van der Waals surface area contributed by atoms with Crippen molar-refractivity contribution in [2.24, 2.45) is 17.3 Å². The molecule has 5 nitrogen and oxygen atoms in total. The number of piperazine rings is 1. The molecule has 0 spiro atoms. The minimum absolute atomic E-state index is 0.111. The molecule has 0 aromatic carbocycles. The van der Waals surface area contributed by atoms with Crippen molar-refractivity contribution in [1.29, 1.82) is 0 Å². The zero-order chi connectivity index (χ0) is 19.4. The van der Waals surface area contributed by atoms with E-state index in [1.165, 1.54) is 19.3 Å². The van der Waals surface area contributed by atoms with Crippen LogP contribution in [0.5, 0.6) is 0 Å². The number of rotatable bonds is 3. The maximum Gasteiger partial charge on any atom is 0.228 e. The molecule has 2 atom stereocenters. The van der Waals surface area contributed by atoms with Crippen LogP contribution in [0.4, 0.5) is 0 Å². The van der Waals surface area contributed by atoms with Gasteiger partial charge in [0.15, 0.2) is 0 Å². The zero-order valence-electron chi connectivity index (χ0n) is 16.3. The van der Waals surface area contributed by atoms with E-state index in [1.54, 1.807) is 6.20 Å². The van der Waals surface area contributed by atoms with Gasteiger partial charge < -0.3 is 9.80 Å². The van der Waals surface area contributed by atoms with Gasteiger partial charge >= 0.3 is 0 Å². The Kier molecular flexibility index (Phi) is 4.53. The van der Waals surface area contributed by atoms with Gasteiger partial charge in [-0.05, 0) is 62.5 Å². The first kappa shape index (κ1) is 18.6. The second kappa shape index (κ2) is 6.82. The third kappa shape index (κ3) is 3.27. The highest BCUT2D eigenvalue weighted by Gasteiger charge is 2.60. The van der Waals surface area contributed by atoms with Crippen molar-refractivity contribution < 1.29 is 9.59 Å². The number of pyridine rings is 1. The fraction of sp³-hybridized carbons (Fsp3) is 0.682. The summed E-state index contributed by atoms with van der Waals surface area (Å²) in [6, 6.07) is 5.66. The normalized spacial score (nSPS) is 36.6. The molecule has 0 N–H and O–H groups in total. The Bertz CT molecular complexity index is 761. The zero-order valence-corrected chi connectivity index (χ0v) is 17.9. The van der Waals surface area contributed by atoms with E-state index in [0.717, 1.165) is 25.0 Å². The second-order valence-corrected chi connectivity index (χ2v) is 11.2. The predicted molar refractivity (Wildman–Crippen MR) is 110 cm³/mol. The fourth-order valence-corrected chi connectivity index (χ4v) is 8.12. The molecule has 2 unspecified atom stereocenters. The summed E-state index contributed by atoms with van der Waals surface area (Å²) in [6.45, 7) is 2.61. The van der Waals surface area contributed by atoms with Crippen molar-refractivity contribution in [2.45, 2.75) is 49.3 Å². The van der Waals surface area contributed by atoms with Gasteiger partial charge in [-0.3, -0.25) is 14.6 Å². The van der Waals surface area contributed by atoms with Gasteiger partial charge in [-0.2, -0.15) is 0 Å². The molecule has 2 amide bonds. The molecule has 2 heterocycles. The fourth-order valence-electron chi connectivity index (χ4n) is 6.66. The molecule has 1 saturated heterocycles. The number of carbonyl (C=O) groups excluding carboxylic acids is 2. The molecule has 150 valence electrons. The summed E-state index contributed by atoms with van der Waals surface area (Å²) >= 11 is 4.02. The molecular formula is C22H28BrN3O2. The second-order valence-electron chi connectivity index (χ2n) is 9.56. The van der Waals surface area contributed by atoms with Gasteiger partial charge in [0, 0.05) is 42.4 Å². The molecule has 4 aliphatic carbocycles. The summed E-state index contributed by atoms with van der Waals surface area (Å²) in [5.74, 6) is 1.90. The van der Waals surface area contributed by atoms with Gasteiger partial charge in [0.25, 0.3) is 0 Å². The highest BCUT2D eigenvalue weighted by molar-refractivity contribution is 9.10. The van der Waals surface area contributed by atoms with E-state index in [2.05, 4.69) is 20.9 Å². The quantitative estimate of drug-likeness (QED) is 0.671. The van der Waals surface area contributed by atoms with Crippen LogP contribution in [0.25, 0.3) is 0 Å². The van der Waals surface area contributed by atoms with Crippen LogP contribution in [0, 0.1) is 17.3 Å². The number of alkyl halides is 1. The van der Waals surface area contributed by atoms with Crippen molar-refractivity contribution in [3.63, 3.8) is 0 Å². The minimum Gasteiger partial charge on any atom is -0.339 e. The van der Waals surface area contributed by atoms with E-state index in [4.69, 9.17) is 0 Å². The monoisotopic (exact) mass is 445 g/mol. The lowest BCUT2D eigenvalue weighted by Crippen LogP contribution is -2.61. The van der Waals surface area contributed by atoms with Gasteiger partial charge in [-0.25, -0.2) is 0 Å². The minimum atomic E-state index is -0.145. The van der Waals surface area contributed by atoms with E-state index >= 15 is 0 Å². The lowest BCUT2D eigenvalue weighted by Gasteiger charge is -2.60. The van der Waals surface area contributed by atoms with Crippen molar-refractivity contribution in [1.82, 2.24) is 14.8 Å². The molecule has 1 aromatic heterocycles. The van der Waals surface area contributed by atoms with Gasteiger partial charge in [-0.15, -0.1) is 0 Å². The summed E-state index contributed by atoms with van der Waals surface area (Å²) in [7, 11) is 0. The van der Waals surface area contributed by atoms with Crippen LogP contribution in [-0.2, 0) is 16.0 Å². The number of amides is 2. The van der Waals surface area contributed by atoms with Gasteiger partial charge in [0.2, 0.25) is 11.8 Å². The third-order valence-corrected chi connectivity index (χ3v) is 8.35. The van der Waals surface area contributed by atoms with E-state index in [1.807, 2.05) is 28.0 Å². The molecule has 4 bridgehead atoms. The number of hydrogen-bond donors (Lipinski definition) is 0. The number of hydrogen-bond acceptors (Lipinski definition) is 3. The number of carbonyl (C=O) groups is 2. The molecule has 6 rings (SSSR count). The highest BCUT2D eigenvalue weighted by atomic mass is 79.9. The van der Waals surface area contributed by atoms with Crippen LogP contribution in [0.2, 0.25) is 0 Å². The van der Waals surface area contributed by atoms with E-state index in [9.17, 15) is 9.59 Å². The SMILES string of the molecule is O=C(Cc1ccccn1)N1CCN(C(=O)C23CC4CC(CC(Br)(C4)C2)C3)CC1. The van der Waals surface area contributed by atoms with Crippen LogP contribution in [0.15, 0.2) is 24.4 Å². The first-order valence-corrected chi connectivity index (χ1v) is 11.4. The van der Waals surface area contributed by atoms with Crippen LogP contribution in [0.3, 0.4) is 0 Å². The van der Waals surface area contributed by atoms with Gasteiger partial charge in [0.05, 0.1) is 11.8 Å². The van der Waals surface area contributed by atoms with E-state index in [0.29, 0.717) is 50.3 Å². The first-order chi connectivity index (χ1) is 13.4. The topological polar surface area (TPSA) is 53.5 Å². The van der Waals surface area contributed by atoms with E-state index in [-0.39, 0.29) is 15.6 Å². The maximum absolute atomic E-state index is 13.6. The molecule has 5 fully saturated rings. The molecule has 0 radical (unpaired) electrons. The lowest BCUT2D eigenvalue weighted by molar-refractivity contribution is -0.158. The standard InChI is InChI=1S/C22H28BrN3O2/c23-22-13-16-9-17(14-22)12-21(11-16,15-22)20(28)26-7-5-25(6-8-26)19(27)10-18-3-1-2-4-24-18/h1-4,16-17H,5-15H2. The highest BCUT2D eigenvalue weighted by Crippen LogP contribution is 2.64. The van der Waals surface area contributed by atoms with Crippen LogP contribution in [-0.4, -0.2) is 57.1 Å². The molecule has 4 saturated carbocycles. The number of halogens is 1. The lowest BCUT2D eigenvalue weighted by atomic mass is 9.49. The van der Waals surface area contributed by atoms with Crippen molar-refractivity contribution in [2.75, 3.05) is 26.2 Å². The Morgan fingerprint density at radius 3 is 2.32 bits per heavy atom. The average Bonchev–Trinajstić information content (AvgIpc) is 2.66.